The molecule has 8 heteroatoms. The van der Waals surface area contributed by atoms with E-state index in [-0.39, 0.29) is 5.57 Å². The van der Waals surface area contributed by atoms with Gasteiger partial charge in [0.05, 0.1) is 22.3 Å². The van der Waals surface area contributed by atoms with Gasteiger partial charge >= 0.3 is 12.1 Å². The second-order valence-electron chi connectivity index (χ2n) is 3.93. The molecule has 19 heavy (non-hydrogen) atoms. The molecular weight excluding hydrogens is 268 g/mol. The maximum absolute atomic E-state index is 11.8. The number of hydrogen-bond donors (Lipinski definition) is 2. The van der Waals surface area contributed by atoms with E-state index in [9.17, 15) is 14.9 Å². The van der Waals surface area contributed by atoms with Gasteiger partial charge in [-0.2, -0.15) is 5.26 Å². The first-order valence-corrected chi connectivity index (χ1v) is 6.19. The van der Waals surface area contributed by atoms with Crippen LogP contribution in [-0.2, 0) is 0 Å². The number of carboxylic acid groups (broad SMARTS) is 1. The molecule has 1 unspecified atom stereocenters. The third-order valence-corrected chi connectivity index (χ3v) is 3.48. The number of aryl methyl sites for hydroxylation is 1. The van der Waals surface area contributed by atoms with Crippen LogP contribution < -0.4 is 5.32 Å². The average Bonchev–Trinajstić information content (AvgIpc) is 2.74. The van der Waals surface area contributed by atoms with Crippen molar-refractivity contribution in [3.8, 4) is 6.07 Å². The van der Waals surface area contributed by atoms with Crippen molar-refractivity contribution in [3.05, 3.63) is 27.4 Å². The van der Waals surface area contributed by atoms with Crippen molar-refractivity contribution >= 4 is 23.5 Å². The molecule has 2 rings (SSSR count). The molecular formula is C11H10N4O3S. The van der Waals surface area contributed by atoms with Crippen LogP contribution in [0.15, 0.2) is 16.7 Å². The molecule has 2 N–H and O–H groups in total. The highest BCUT2D eigenvalue weighted by Gasteiger charge is 2.40. The summed E-state index contributed by atoms with van der Waals surface area (Å²) in [5, 5.41) is 23.1. The molecule has 0 saturated carbocycles. The van der Waals surface area contributed by atoms with Crippen molar-refractivity contribution in [2.45, 2.75) is 19.9 Å². The lowest BCUT2D eigenvalue weighted by molar-refractivity contribution is 0.135. The number of thiazole rings is 1. The monoisotopic (exact) mass is 278 g/mol. The zero-order valence-electron chi connectivity index (χ0n) is 10.2. The number of nitrogens with one attached hydrogen (secondary N) is 1. The average molecular weight is 278 g/mol. The van der Waals surface area contributed by atoms with Gasteiger partial charge in [0.1, 0.15) is 6.04 Å². The second-order valence-corrected chi connectivity index (χ2v) is 4.99. The number of carbonyl (C=O) groups is 2. The van der Waals surface area contributed by atoms with Gasteiger partial charge in [0.25, 0.3) is 0 Å². The maximum Gasteiger partial charge on any atom is 0.416 e. The van der Waals surface area contributed by atoms with E-state index in [1.165, 1.54) is 11.3 Å². The topological polar surface area (TPSA) is 106 Å². The molecule has 1 aromatic rings. The van der Waals surface area contributed by atoms with Crippen LogP contribution in [0, 0.1) is 18.3 Å². The van der Waals surface area contributed by atoms with Gasteiger partial charge in [0.2, 0.25) is 0 Å². The molecule has 0 spiro atoms. The molecule has 1 atom stereocenters. The Bertz CT molecular complexity index is 628. The second kappa shape index (κ2) is 4.70. The molecule has 0 bridgehead atoms. The van der Waals surface area contributed by atoms with Crippen molar-refractivity contribution in [1.82, 2.24) is 15.2 Å². The number of hydrogen-bond acceptors (Lipinski definition) is 5. The Labute approximate surface area is 112 Å². The minimum absolute atomic E-state index is 0.173. The Kier molecular flexibility index (Phi) is 3.23. The number of nitrogens with zero attached hydrogens (tertiary/aromatic N) is 3. The number of allylic oxidation sites excluding steroid dienone is 1. The quantitative estimate of drug-likeness (QED) is 0.817. The highest BCUT2D eigenvalue weighted by atomic mass is 32.1. The number of aromatic nitrogens is 1. The SMILES string of the molecule is CC1=C(C#N)C(c2csc(C)n2)N(C(=O)O)C(=O)N1. The zero-order valence-corrected chi connectivity index (χ0v) is 11.0. The Balaban J connectivity index is 2.60. The van der Waals surface area contributed by atoms with Gasteiger partial charge in [-0.25, -0.2) is 19.5 Å². The van der Waals surface area contributed by atoms with Crippen molar-refractivity contribution < 1.29 is 14.7 Å². The first-order chi connectivity index (χ1) is 8.95. The number of nitriles is 1. The van der Waals surface area contributed by atoms with E-state index in [4.69, 9.17) is 5.11 Å². The highest BCUT2D eigenvalue weighted by molar-refractivity contribution is 7.09. The number of amides is 3. The van der Waals surface area contributed by atoms with Crippen LogP contribution in [0.1, 0.15) is 23.7 Å². The number of rotatable bonds is 1. The summed E-state index contributed by atoms with van der Waals surface area (Å²) in [6.45, 7) is 3.33. The summed E-state index contributed by atoms with van der Waals surface area (Å²) in [7, 11) is 0. The first-order valence-electron chi connectivity index (χ1n) is 5.31. The predicted octanol–water partition coefficient (Wildman–Crippen LogP) is 1.99. The summed E-state index contributed by atoms with van der Waals surface area (Å²) in [6, 6.07) is 0.178. The molecule has 98 valence electrons. The summed E-state index contributed by atoms with van der Waals surface area (Å²) in [6.07, 6.45) is -1.42. The van der Waals surface area contributed by atoms with E-state index >= 15 is 0 Å². The van der Waals surface area contributed by atoms with E-state index in [0.717, 1.165) is 5.01 Å². The largest absolute Gasteiger partial charge is 0.465 e. The van der Waals surface area contributed by atoms with Gasteiger partial charge in [0.15, 0.2) is 0 Å². The molecule has 1 aromatic heterocycles. The fourth-order valence-corrected chi connectivity index (χ4v) is 2.50. The number of imide groups is 1. The van der Waals surface area contributed by atoms with E-state index in [1.54, 1.807) is 19.2 Å². The molecule has 1 aliphatic rings. The molecule has 0 aliphatic carbocycles. The Morgan fingerprint density at radius 2 is 2.32 bits per heavy atom. The van der Waals surface area contributed by atoms with Crippen LogP contribution in [0.4, 0.5) is 9.59 Å². The van der Waals surface area contributed by atoms with Crippen LogP contribution in [0.5, 0.6) is 0 Å². The predicted molar refractivity (Wildman–Crippen MR) is 66.3 cm³/mol. The van der Waals surface area contributed by atoms with Crippen molar-refractivity contribution in [1.29, 1.82) is 5.26 Å². The summed E-state index contributed by atoms with van der Waals surface area (Å²) in [4.78, 5) is 27.8. The van der Waals surface area contributed by atoms with E-state index in [2.05, 4.69) is 10.3 Å². The van der Waals surface area contributed by atoms with Crippen LogP contribution in [-0.4, -0.2) is 27.1 Å². The van der Waals surface area contributed by atoms with E-state index < -0.39 is 18.2 Å². The van der Waals surface area contributed by atoms with Gasteiger partial charge in [-0.3, -0.25) is 0 Å². The van der Waals surface area contributed by atoms with Crippen LogP contribution in [0.25, 0.3) is 0 Å². The van der Waals surface area contributed by atoms with Gasteiger partial charge < -0.3 is 10.4 Å². The number of urea groups is 1. The van der Waals surface area contributed by atoms with Crippen LogP contribution >= 0.6 is 11.3 Å². The van der Waals surface area contributed by atoms with Gasteiger partial charge in [-0.1, -0.05) is 0 Å². The fourth-order valence-electron chi connectivity index (χ4n) is 1.87. The van der Waals surface area contributed by atoms with Crippen molar-refractivity contribution in [2.75, 3.05) is 0 Å². The lowest BCUT2D eigenvalue weighted by atomic mass is 10.0. The minimum atomic E-state index is -1.42. The zero-order chi connectivity index (χ0) is 14.2. The number of carbonyl (C=O) groups excluding carboxylic acids is 1. The van der Waals surface area contributed by atoms with Gasteiger partial charge in [-0.05, 0) is 13.8 Å². The molecule has 0 aromatic carbocycles. The maximum atomic E-state index is 11.8. The summed E-state index contributed by atoms with van der Waals surface area (Å²) in [5.74, 6) is 0. The van der Waals surface area contributed by atoms with E-state index in [0.29, 0.717) is 16.3 Å². The lowest BCUT2D eigenvalue weighted by Crippen LogP contribution is -2.49. The lowest BCUT2D eigenvalue weighted by Gasteiger charge is -2.31. The van der Waals surface area contributed by atoms with E-state index in [1.807, 2.05) is 6.07 Å². The fraction of sp³-hybridized carbons (Fsp3) is 0.273. The minimum Gasteiger partial charge on any atom is -0.465 e. The Hall–Kier alpha value is -2.40. The Morgan fingerprint density at radius 3 is 2.79 bits per heavy atom. The molecule has 7 nitrogen and oxygen atoms in total. The van der Waals surface area contributed by atoms with Crippen LogP contribution in [0.3, 0.4) is 0 Å². The highest BCUT2D eigenvalue weighted by Crippen LogP contribution is 2.33. The normalized spacial score (nSPS) is 19.1. The third kappa shape index (κ3) is 2.15. The standard InChI is InChI=1S/C11H10N4O3S/c1-5-7(3-12)9(8-4-19-6(2)14-8)15(11(17)18)10(16)13-5/h4,9H,1-2H3,(H,13,16)(H,17,18). The molecule has 0 saturated heterocycles. The van der Waals surface area contributed by atoms with Crippen molar-refractivity contribution in [2.24, 2.45) is 0 Å². The summed E-state index contributed by atoms with van der Waals surface area (Å²) >= 11 is 1.33. The summed E-state index contributed by atoms with van der Waals surface area (Å²) in [5.41, 5.74) is 0.906. The summed E-state index contributed by atoms with van der Waals surface area (Å²) < 4.78 is 0. The molecule has 3 amide bonds. The third-order valence-electron chi connectivity index (χ3n) is 2.69. The molecule has 2 heterocycles. The molecule has 1 aliphatic heterocycles. The van der Waals surface area contributed by atoms with Crippen LogP contribution in [0.2, 0.25) is 0 Å². The first kappa shape index (κ1) is 13.0. The van der Waals surface area contributed by atoms with Crippen molar-refractivity contribution in [3.63, 3.8) is 0 Å². The Morgan fingerprint density at radius 1 is 1.63 bits per heavy atom. The molecule has 0 radical (unpaired) electrons. The van der Waals surface area contributed by atoms with Gasteiger partial charge in [-0.15, -0.1) is 11.3 Å². The molecule has 0 fully saturated rings. The smallest absolute Gasteiger partial charge is 0.416 e. The van der Waals surface area contributed by atoms with Gasteiger partial charge in [0, 0.05) is 11.1 Å².